The van der Waals surface area contributed by atoms with E-state index < -0.39 is 6.04 Å². The summed E-state index contributed by atoms with van der Waals surface area (Å²) in [5.74, 6) is 0.391. The molecule has 1 aliphatic heterocycles. The van der Waals surface area contributed by atoms with Crippen molar-refractivity contribution >= 4 is 11.8 Å². The first kappa shape index (κ1) is 13.4. The minimum atomic E-state index is -0.432. The highest BCUT2D eigenvalue weighted by Gasteiger charge is 2.26. The Labute approximate surface area is 121 Å². The molecule has 2 aromatic rings. The number of hydrogen-bond acceptors (Lipinski definition) is 4. The first-order valence-electron chi connectivity index (χ1n) is 6.80. The second-order valence-electron chi connectivity index (χ2n) is 4.93. The SMILES string of the molecule is O=C1CCC(C(=O)NCc2cc(-c3ccccc3)on2)N1. The van der Waals surface area contributed by atoms with E-state index in [2.05, 4.69) is 15.8 Å². The molecule has 0 spiro atoms. The van der Waals surface area contributed by atoms with E-state index in [4.69, 9.17) is 4.52 Å². The molecule has 2 amide bonds. The fourth-order valence-electron chi connectivity index (χ4n) is 2.25. The van der Waals surface area contributed by atoms with Crippen LogP contribution in [0.4, 0.5) is 0 Å². The van der Waals surface area contributed by atoms with Gasteiger partial charge in [-0.15, -0.1) is 0 Å². The van der Waals surface area contributed by atoms with E-state index in [0.717, 1.165) is 5.56 Å². The largest absolute Gasteiger partial charge is 0.356 e. The highest BCUT2D eigenvalue weighted by Crippen LogP contribution is 2.19. The zero-order valence-corrected chi connectivity index (χ0v) is 11.3. The highest BCUT2D eigenvalue weighted by molar-refractivity contribution is 5.90. The fourth-order valence-corrected chi connectivity index (χ4v) is 2.25. The van der Waals surface area contributed by atoms with Gasteiger partial charge in [-0.1, -0.05) is 35.5 Å². The van der Waals surface area contributed by atoms with E-state index in [-0.39, 0.29) is 18.4 Å². The lowest BCUT2D eigenvalue weighted by Gasteiger charge is -2.09. The molecule has 1 atom stereocenters. The van der Waals surface area contributed by atoms with Gasteiger partial charge in [-0.3, -0.25) is 9.59 Å². The minimum absolute atomic E-state index is 0.0806. The van der Waals surface area contributed by atoms with E-state index in [0.29, 0.717) is 24.3 Å². The summed E-state index contributed by atoms with van der Waals surface area (Å²) in [4.78, 5) is 22.9. The third kappa shape index (κ3) is 3.10. The molecular formula is C15H15N3O3. The molecule has 1 saturated heterocycles. The fraction of sp³-hybridized carbons (Fsp3) is 0.267. The van der Waals surface area contributed by atoms with Crippen molar-refractivity contribution in [3.63, 3.8) is 0 Å². The van der Waals surface area contributed by atoms with Crippen LogP contribution in [0.15, 0.2) is 40.9 Å². The van der Waals surface area contributed by atoms with Crippen molar-refractivity contribution in [1.29, 1.82) is 0 Å². The van der Waals surface area contributed by atoms with Crippen LogP contribution in [-0.4, -0.2) is 23.0 Å². The van der Waals surface area contributed by atoms with Gasteiger partial charge in [0.05, 0.1) is 6.54 Å². The van der Waals surface area contributed by atoms with Crippen LogP contribution in [0, 0.1) is 0 Å². The summed E-state index contributed by atoms with van der Waals surface area (Å²) in [6.07, 6.45) is 0.943. The third-order valence-electron chi connectivity index (χ3n) is 3.37. The molecule has 3 rings (SSSR count). The average Bonchev–Trinajstić information content (AvgIpc) is 3.15. The van der Waals surface area contributed by atoms with E-state index >= 15 is 0 Å². The topological polar surface area (TPSA) is 84.2 Å². The molecule has 0 bridgehead atoms. The van der Waals surface area contributed by atoms with Crippen molar-refractivity contribution in [3.05, 3.63) is 42.1 Å². The van der Waals surface area contributed by atoms with Crippen molar-refractivity contribution in [2.24, 2.45) is 0 Å². The normalized spacial score (nSPS) is 17.5. The summed E-state index contributed by atoms with van der Waals surface area (Å²) in [5.41, 5.74) is 1.58. The standard InChI is InChI=1S/C15H15N3O3/c19-14-7-6-12(17-14)15(20)16-9-11-8-13(21-18-11)10-4-2-1-3-5-10/h1-5,8,12H,6-7,9H2,(H,16,20)(H,17,19). The maximum absolute atomic E-state index is 11.9. The first-order valence-corrected chi connectivity index (χ1v) is 6.80. The molecule has 2 heterocycles. The number of amides is 2. The Morgan fingerprint density at radius 1 is 1.38 bits per heavy atom. The van der Waals surface area contributed by atoms with Crippen molar-refractivity contribution in [2.45, 2.75) is 25.4 Å². The molecule has 0 saturated carbocycles. The molecule has 1 fully saturated rings. The van der Waals surface area contributed by atoms with E-state index in [1.54, 1.807) is 6.07 Å². The van der Waals surface area contributed by atoms with Gasteiger partial charge in [0.25, 0.3) is 0 Å². The molecule has 0 aliphatic carbocycles. The van der Waals surface area contributed by atoms with Crippen LogP contribution in [0.5, 0.6) is 0 Å². The Balaban J connectivity index is 1.58. The lowest BCUT2D eigenvalue weighted by molar-refractivity contribution is -0.125. The average molecular weight is 285 g/mol. The Hall–Kier alpha value is -2.63. The second kappa shape index (κ2) is 5.78. The monoisotopic (exact) mass is 285 g/mol. The van der Waals surface area contributed by atoms with Crippen molar-refractivity contribution < 1.29 is 14.1 Å². The van der Waals surface area contributed by atoms with Crippen LogP contribution in [0.2, 0.25) is 0 Å². The number of aromatic nitrogens is 1. The molecule has 108 valence electrons. The second-order valence-corrected chi connectivity index (χ2v) is 4.93. The van der Waals surface area contributed by atoms with Gasteiger partial charge >= 0.3 is 0 Å². The lowest BCUT2D eigenvalue weighted by Crippen LogP contribution is -2.41. The van der Waals surface area contributed by atoms with Crippen LogP contribution >= 0.6 is 0 Å². The Kier molecular flexibility index (Phi) is 3.68. The Morgan fingerprint density at radius 3 is 2.90 bits per heavy atom. The molecule has 6 nitrogen and oxygen atoms in total. The number of carbonyl (C=O) groups is 2. The predicted molar refractivity (Wildman–Crippen MR) is 75.0 cm³/mol. The molecular weight excluding hydrogens is 270 g/mol. The summed E-state index contributed by atoms with van der Waals surface area (Å²) in [6.45, 7) is 0.279. The van der Waals surface area contributed by atoms with Crippen LogP contribution in [-0.2, 0) is 16.1 Å². The maximum atomic E-state index is 11.9. The summed E-state index contributed by atoms with van der Waals surface area (Å²) < 4.78 is 5.25. The van der Waals surface area contributed by atoms with Gasteiger partial charge in [-0.05, 0) is 6.42 Å². The smallest absolute Gasteiger partial charge is 0.242 e. The summed E-state index contributed by atoms with van der Waals surface area (Å²) in [7, 11) is 0. The Bertz CT molecular complexity index is 651. The molecule has 1 aliphatic rings. The molecule has 21 heavy (non-hydrogen) atoms. The molecule has 0 radical (unpaired) electrons. The van der Waals surface area contributed by atoms with Gasteiger partial charge in [0.1, 0.15) is 11.7 Å². The van der Waals surface area contributed by atoms with E-state index in [9.17, 15) is 9.59 Å². The zero-order chi connectivity index (χ0) is 14.7. The van der Waals surface area contributed by atoms with Gasteiger partial charge in [0.15, 0.2) is 5.76 Å². The number of hydrogen-bond donors (Lipinski definition) is 2. The lowest BCUT2D eigenvalue weighted by atomic mass is 10.1. The van der Waals surface area contributed by atoms with Gasteiger partial charge in [-0.25, -0.2) is 0 Å². The zero-order valence-electron chi connectivity index (χ0n) is 11.3. The number of benzene rings is 1. The van der Waals surface area contributed by atoms with Gasteiger partial charge < -0.3 is 15.2 Å². The first-order chi connectivity index (χ1) is 10.2. The van der Waals surface area contributed by atoms with Crippen LogP contribution in [0.25, 0.3) is 11.3 Å². The van der Waals surface area contributed by atoms with Crippen molar-refractivity contribution in [2.75, 3.05) is 0 Å². The summed E-state index contributed by atoms with van der Waals surface area (Å²) >= 11 is 0. The number of nitrogens with zero attached hydrogens (tertiary/aromatic N) is 1. The predicted octanol–water partition coefficient (Wildman–Crippen LogP) is 1.24. The van der Waals surface area contributed by atoms with Crippen LogP contribution in [0.1, 0.15) is 18.5 Å². The Morgan fingerprint density at radius 2 is 2.19 bits per heavy atom. The van der Waals surface area contributed by atoms with Crippen LogP contribution < -0.4 is 10.6 Å². The van der Waals surface area contributed by atoms with E-state index in [1.807, 2.05) is 30.3 Å². The summed E-state index contributed by atoms with van der Waals surface area (Å²) in [5, 5.41) is 9.31. The molecule has 1 unspecified atom stereocenters. The quantitative estimate of drug-likeness (QED) is 0.885. The number of nitrogens with one attached hydrogen (secondary N) is 2. The highest BCUT2D eigenvalue weighted by atomic mass is 16.5. The number of carbonyl (C=O) groups excluding carboxylic acids is 2. The van der Waals surface area contributed by atoms with Crippen molar-refractivity contribution in [1.82, 2.24) is 15.8 Å². The van der Waals surface area contributed by atoms with Gasteiger partial charge in [0.2, 0.25) is 11.8 Å². The summed E-state index contributed by atoms with van der Waals surface area (Å²) in [6, 6.07) is 11.0. The molecule has 1 aromatic carbocycles. The molecule has 6 heteroatoms. The van der Waals surface area contributed by atoms with Gasteiger partial charge in [-0.2, -0.15) is 0 Å². The van der Waals surface area contributed by atoms with E-state index in [1.165, 1.54) is 0 Å². The van der Waals surface area contributed by atoms with Crippen molar-refractivity contribution in [3.8, 4) is 11.3 Å². The number of rotatable bonds is 4. The molecule has 2 N–H and O–H groups in total. The van der Waals surface area contributed by atoms with Gasteiger partial charge in [0, 0.05) is 18.1 Å². The minimum Gasteiger partial charge on any atom is -0.356 e. The third-order valence-corrected chi connectivity index (χ3v) is 3.37. The molecule has 1 aromatic heterocycles. The van der Waals surface area contributed by atoms with Crippen LogP contribution in [0.3, 0.4) is 0 Å². The maximum Gasteiger partial charge on any atom is 0.242 e.